The molecule has 0 aromatic rings. The maximum Gasteiger partial charge on any atom is 0.211 e. The van der Waals surface area contributed by atoms with Gasteiger partial charge in [0.2, 0.25) is 10.0 Å². The van der Waals surface area contributed by atoms with Gasteiger partial charge in [-0.2, -0.15) is 0 Å². The summed E-state index contributed by atoms with van der Waals surface area (Å²) in [6, 6.07) is 0. The van der Waals surface area contributed by atoms with E-state index in [1.807, 2.05) is 6.92 Å². The number of hydrogen-bond acceptors (Lipinski definition) is 3. The summed E-state index contributed by atoms with van der Waals surface area (Å²) < 4.78 is 31.3. The summed E-state index contributed by atoms with van der Waals surface area (Å²) in [7, 11) is -3.07. The van der Waals surface area contributed by atoms with Crippen LogP contribution in [0, 0.1) is 11.8 Å². The summed E-state index contributed by atoms with van der Waals surface area (Å²) in [6.45, 7) is 7.37. The highest BCUT2D eigenvalue weighted by Gasteiger charge is 2.31. The minimum atomic E-state index is -3.07. The quantitative estimate of drug-likeness (QED) is 0.773. The highest BCUT2D eigenvalue weighted by atomic mass is 32.2. The Balaban J connectivity index is 2.43. The van der Waals surface area contributed by atoms with Crippen LogP contribution in [0.3, 0.4) is 0 Å². The molecule has 0 saturated carbocycles. The van der Waals surface area contributed by atoms with E-state index in [0.717, 1.165) is 13.0 Å². The van der Waals surface area contributed by atoms with Gasteiger partial charge in [-0.3, -0.25) is 0 Å². The summed E-state index contributed by atoms with van der Waals surface area (Å²) in [4.78, 5) is 0. The third kappa shape index (κ3) is 4.03. The van der Waals surface area contributed by atoms with Crippen molar-refractivity contribution in [2.75, 3.05) is 18.9 Å². The highest BCUT2D eigenvalue weighted by molar-refractivity contribution is 7.89. The Hall–Kier alpha value is -0.130. The third-order valence-electron chi connectivity index (χ3n) is 2.96. The fourth-order valence-electron chi connectivity index (χ4n) is 2.19. The second-order valence-electron chi connectivity index (χ2n) is 4.80. The molecule has 0 aromatic carbocycles. The molecule has 4 nitrogen and oxygen atoms in total. The lowest BCUT2D eigenvalue weighted by Crippen LogP contribution is -2.35. The Morgan fingerprint density at radius 3 is 2.69 bits per heavy atom. The molecule has 2 atom stereocenters. The SMILES string of the molecule is CCCS(=O)(=O)NC[C@H]1CCO[C@H]1C(C)C. The molecule has 0 aromatic heterocycles. The molecule has 1 rings (SSSR count). The van der Waals surface area contributed by atoms with E-state index < -0.39 is 10.0 Å². The molecular formula is C11H23NO3S. The van der Waals surface area contributed by atoms with Crippen LogP contribution in [-0.4, -0.2) is 33.4 Å². The van der Waals surface area contributed by atoms with Gasteiger partial charge in [0.15, 0.2) is 0 Å². The molecule has 16 heavy (non-hydrogen) atoms. The van der Waals surface area contributed by atoms with Crippen LogP contribution >= 0.6 is 0 Å². The minimum absolute atomic E-state index is 0.198. The number of nitrogens with one attached hydrogen (secondary N) is 1. The van der Waals surface area contributed by atoms with Crippen LogP contribution in [0.1, 0.15) is 33.6 Å². The van der Waals surface area contributed by atoms with E-state index in [0.29, 0.717) is 24.8 Å². The summed E-state index contributed by atoms with van der Waals surface area (Å²) >= 11 is 0. The molecule has 1 fully saturated rings. The summed E-state index contributed by atoms with van der Waals surface area (Å²) in [5, 5.41) is 0. The molecular weight excluding hydrogens is 226 g/mol. The van der Waals surface area contributed by atoms with Crippen molar-refractivity contribution in [1.29, 1.82) is 0 Å². The Morgan fingerprint density at radius 2 is 2.12 bits per heavy atom. The van der Waals surface area contributed by atoms with Gasteiger partial charge in [-0.15, -0.1) is 0 Å². The van der Waals surface area contributed by atoms with E-state index in [1.54, 1.807) is 0 Å². The Bertz CT molecular complexity index is 300. The summed E-state index contributed by atoms with van der Waals surface area (Å²) in [6.07, 6.45) is 1.81. The first kappa shape index (κ1) is 13.9. The van der Waals surface area contributed by atoms with Crippen LogP contribution in [-0.2, 0) is 14.8 Å². The van der Waals surface area contributed by atoms with Gasteiger partial charge in [0.25, 0.3) is 0 Å². The number of hydrogen-bond donors (Lipinski definition) is 1. The standard InChI is InChI=1S/C11H23NO3S/c1-4-7-16(13,14)12-8-10-5-6-15-11(10)9(2)3/h9-12H,4-8H2,1-3H3/t10-,11+/m1/s1. The number of rotatable bonds is 6. The zero-order valence-corrected chi connectivity index (χ0v) is 11.2. The lowest BCUT2D eigenvalue weighted by molar-refractivity contribution is 0.0551. The van der Waals surface area contributed by atoms with Crippen molar-refractivity contribution in [3.05, 3.63) is 0 Å². The highest BCUT2D eigenvalue weighted by Crippen LogP contribution is 2.26. The molecule has 5 heteroatoms. The van der Waals surface area contributed by atoms with Crippen LogP contribution in [0.5, 0.6) is 0 Å². The predicted molar refractivity (Wildman–Crippen MR) is 64.8 cm³/mol. The van der Waals surface area contributed by atoms with Crippen molar-refractivity contribution in [3.8, 4) is 0 Å². The van der Waals surface area contributed by atoms with E-state index in [1.165, 1.54) is 0 Å². The molecule has 0 unspecified atom stereocenters. The third-order valence-corrected chi connectivity index (χ3v) is 4.51. The molecule has 0 spiro atoms. The van der Waals surface area contributed by atoms with Gasteiger partial charge in [-0.1, -0.05) is 20.8 Å². The van der Waals surface area contributed by atoms with Gasteiger partial charge in [-0.05, 0) is 18.8 Å². The summed E-state index contributed by atoms with van der Waals surface area (Å²) in [5.74, 6) is 0.988. The van der Waals surface area contributed by atoms with E-state index >= 15 is 0 Å². The fourth-order valence-corrected chi connectivity index (χ4v) is 3.34. The van der Waals surface area contributed by atoms with Crippen LogP contribution < -0.4 is 4.72 Å². The second-order valence-corrected chi connectivity index (χ2v) is 6.72. The fraction of sp³-hybridized carbons (Fsp3) is 1.00. The van der Waals surface area contributed by atoms with Gasteiger partial charge < -0.3 is 4.74 Å². The largest absolute Gasteiger partial charge is 0.378 e. The molecule has 1 heterocycles. The van der Waals surface area contributed by atoms with Crippen molar-refractivity contribution in [2.24, 2.45) is 11.8 Å². The molecule has 96 valence electrons. The maximum absolute atomic E-state index is 11.5. The van der Waals surface area contributed by atoms with Crippen molar-refractivity contribution in [3.63, 3.8) is 0 Å². The van der Waals surface area contributed by atoms with E-state index in [2.05, 4.69) is 18.6 Å². The maximum atomic E-state index is 11.5. The molecule has 1 N–H and O–H groups in total. The average molecular weight is 249 g/mol. The first-order valence-electron chi connectivity index (χ1n) is 6.05. The van der Waals surface area contributed by atoms with Crippen LogP contribution in [0.25, 0.3) is 0 Å². The number of sulfonamides is 1. The van der Waals surface area contributed by atoms with E-state index in [9.17, 15) is 8.42 Å². The van der Waals surface area contributed by atoms with E-state index in [4.69, 9.17) is 4.74 Å². The van der Waals surface area contributed by atoms with Crippen LogP contribution in [0.15, 0.2) is 0 Å². The first-order valence-corrected chi connectivity index (χ1v) is 7.70. The molecule has 1 aliphatic rings. The molecule has 1 aliphatic heterocycles. The Labute approximate surface area is 98.8 Å². The van der Waals surface area contributed by atoms with Gasteiger partial charge in [-0.25, -0.2) is 13.1 Å². The monoisotopic (exact) mass is 249 g/mol. The van der Waals surface area contributed by atoms with Crippen LogP contribution in [0.4, 0.5) is 0 Å². The van der Waals surface area contributed by atoms with Crippen molar-refractivity contribution in [2.45, 2.75) is 39.7 Å². The van der Waals surface area contributed by atoms with Gasteiger partial charge in [0.1, 0.15) is 0 Å². The van der Waals surface area contributed by atoms with Gasteiger partial charge >= 0.3 is 0 Å². The molecule has 1 saturated heterocycles. The van der Waals surface area contributed by atoms with Gasteiger partial charge in [0.05, 0.1) is 11.9 Å². The smallest absolute Gasteiger partial charge is 0.211 e. The van der Waals surface area contributed by atoms with E-state index in [-0.39, 0.29) is 11.9 Å². The summed E-state index contributed by atoms with van der Waals surface area (Å²) in [5.41, 5.74) is 0. The van der Waals surface area contributed by atoms with Crippen LogP contribution in [0.2, 0.25) is 0 Å². The first-order chi connectivity index (χ1) is 7.46. The lowest BCUT2D eigenvalue weighted by Gasteiger charge is -2.22. The topological polar surface area (TPSA) is 55.4 Å². The lowest BCUT2D eigenvalue weighted by atomic mass is 9.93. The second kappa shape index (κ2) is 5.98. The van der Waals surface area contributed by atoms with Gasteiger partial charge in [0, 0.05) is 19.1 Å². The normalized spacial score (nSPS) is 26.5. The zero-order chi connectivity index (χ0) is 12.2. The van der Waals surface area contributed by atoms with Crippen molar-refractivity contribution in [1.82, 2.24) is 4.72 Å². The molecule has 0 radical (unpaired) electrons. The zero-order valence-electron chi connectivity index (χ0n) is 10.4. The Kier molecular flexibility index (Phi) is 5.21. The average Bonchev–Trinajstić information content (AvgIpc) is 2.62. The Morgan fingerprint density at radius 1 is 1.44 bits per heavy atom. The molecule has 0 amide bonds. The minimum Gasteiger partial charge on any atom is -0.378 e. The molecule has 0 aliphatic carbocycles. The predicted octanol–water partition coefficient (Wildman–Crippen LogP) is 1.38. The van der Waals surface area contributed by atoms with Crippen molar-refractivity contribution >= 4 is 10.0 Å². The number of ether oxygens (including phenoxy) is 1. The van der Waals surface area contributed by atoms with Crippen molar-refractivity contribution < 1.29 is 13.2 Å². The molecule has 0 bridgehead atoms.